The molecule has 0 saturated carbocycles. The van der Waals surface area contributed by atoms with Gasteiger partial charge in [0.2, 0.25) is 10.0 Å². The Morgan fingerprint density at radius 1 is 1.04 bits per heavy atom. The summed E-state index contributed by atoms with van der Waals surface area (Å²) in [5.74, 6) is -0.00603. The van der Waals surface area contributed by atoms with Crippen LogP contribution in [0.4, 0.5) is 5.69 Å². The number of hydrogen-bond acceptors (Lipinski definition) is 4. The fourth-order valence-electron chi connectivity index (χ4n) is 3.69. The summed E-state index contributed by atoms with van der Waals surface area (Å²) in [6.45, 7) is 3.78. The van der Waals surface area contributed by atoms with Crippen LogP contribution in [-0.4, -0.2) is 38.3 Å². The van der Waals surface area contributed by atoms with Crippen LogP contribution in [0.25, 0.3) is 0 Å². The number of rotatable bonds is 3. The predicted molar refractivity (Wildman–Crippen MR) is 103 cm³/mol. The standard InChI is InChI=1S/C19H22N2O3S2/c1-14-5-8-18(25-14)19(22)21-12-9-15-13-16(6-7-17(15)21)26(23,24)20-10-3-2-4-11-20/h5-8,13H,2-4,9-12H2,1H3. The van der Waals surface area contributed by atoms with Crippen LogP contribution in [0.1, 0.15) is 39.4 Å². The van der Waals surface area contributed by atoms with E-state index in [4.69, 9.17) is 0 Å². The van der Waals surface area contributed by atoms with Gasteiger partial charge in [-0.3, -0.25) is 4.79 Å². The molecular formula is C19H22N2O3S2. The number of benzene rings is 1. The Bertz CT molecular complexity index is 943. The Kier molecular flexibility index (Phi) is 4.62. The number of thiophene rings is 1. The lowest BCUT2D eigenvalue weighted by Crippen LogP contribution is -2.35. The molecular weight excluding hydrogens is 368 g/mol. The SMILES string of the molecule is Cc1ccc(C(=O)N2CCc3cc(S(=O)(=O)N4CCCCC4)ccc32)s1. The van der Waals surface area contributed by atoms with Crippen molar-refractivity contribution >= 4 is 33.0 Å². The van der Waals surface area contributed by atoms with Gasteiger partial charge in [-0.05, 0) is 62.1 Å². The van der Waals surface area contributed by atoms with Gasteiger partial charge < -0.3 is 4.90 Å². The fourth-order valence-corrected chi connectivity index (χ4v) is 6.07. The molecule has 26 heavy (non-hydrogen) atoms. The van der Waals surface area contributed by atoms with Gasteiger partial charge in [0.05, 0.1) is 9.77 Å². The molecule has 0 N–H and O–H groups in total. The molecule has 4 rings (SSSR count). The Labute approximate surface area is 158 Å². The minimum Gasteiger partial charge on any atom is -0.307 e. The molecule has 1 amide bonds. The van der Waals surface area contributed by atoms with E-state index in [0.717, 1.165) is 40.3 Å². The van der Waals surface area contributed by atoms with Crippen LogP contribution in [-0.2, 0) is 16.4 Å². The van der Waals surface area contributed by atoms with Crippen molar-refractivity contribution < 1.29 is 13.2 Å². The first kappa shape index (κ1) is 17.7. The average Bonchev–Trinajstić information content (AvgIpc) is 3.27. The molecule has 1 saturated heterocycles. The fraction of sp³-hybridized carbons (Fsp3) is 0.421. The number of carbonyl (C=O) groups is 1. The summed E-state index contributed by atoms with van der Waals surface area (Å²) in [6.07, 6.45) is 3.63. The second-order valence-electron chi connectivity index (χ2n) is 6.87. The van der Waals surface area contributed by atoms with E-state index in [0.29, 0.717) is 31.0 Å². The van der Waals surface area contributed by atoms with Crippen LogP contribution in [0.3, 0.4) is 0 Å². The van der Waals surface area contributed by atoms with Crippen molar-refractivity contribution in [3.8, 4) is 0 Å². The van der Waals surface area contributed by atoms with Gasteiger partial charge in [0.1, 0.15) is 0 Å². The third-order valence-electron chi connectivity index (χ3n) is 5.10. The third kappa shape index (κ3) is 3.08. The maximum atomic E-state index is 12.9. The molecule has 0 spiro atoms. The molecule has 0 atom stereocenters. The second-order valence-corrected chi connectivity index (χ2v) is 10.1. The van der Waals surface area contributed by atoms with Crippen molar-refractivity contribution in [2.24, 2.45) is 0 Å². The highest BCUT2D eigenvalue weighted by molar-refractivity contribution is 7.89. The van der Waals surface area contributed by atoms with Crippen LogP contribution in [0.5, 0.6) is 0 Å². The number of fused-ring (bicyclic) bond motifs is 1. The summed E-state index contributed by atoms with van der Waals surface area (Å²) in [4.78, 5) is 16.7. The minimum absolute atomic E-state index is 0.00603. The molecule has 3 heterocycles. The predicted octanol–water partition coefficient (Wildman–Crippen LogP) is 3.43. The summed E-state index contributed by atoms with van der Waals surface area (Å²) in [7, 11) is -3.44. The van der Waals surface area contributed by atoms with Gasteiger partial charge in [0.25, 0.3) is 5.91 Å². The summed E-state index contributed by atoms with van der Waals surface area (Å²) >= 11 is 1.49. The zero-order valence-corrected chi connectivity index (χ0v) is 16.4. The lowest BCUT2D eigenvalue weighted by atomic mass is 10.2. The molecule has 138 valence electrons. The first-order chi connectivity index (χ1) is 12.5. The first-order valence-electron chi connectivity index (χ1n) is 8.98. The Morgan fingerprint density at radius 3 is 2.50 bits per heavy atom. The van der Waals surface area contributed by atoms with Gasteiger partial charge in [-0.25, -0.2) is 8.42 Å². The van der Waals surface area contributed by atoms with Gasteiger partial charge in [-0.15, -0.1) is 11.3 Å². The number of sulfonamides is 1. The Hall–Kier alpha value is -1.70. The lowest BCUT2D eigenvalue weighted by Gasteiger charge is -2.26. The summed E-state index contributed by atoms with van der Waals surface area (Å²) in [5.41, 5.74) is 1.77. The molecule has 0 unspecified atom stereocenters. The van der Waals surface area contributed by atoms with Crippen LogP contribution in [0, 0.1) is 6.92 Å². The van der Waals surface area contributed by atoms with Crippen molar-refractivity contribution in [3.05, 3.63) is 45.6 Å². The second kappa shape index (κ2) is 6.79. The van der Waals surface area contributed by atoms with Crippen molar-refractivity contribution in [1.82, 2.24) is 4.31 Å². The molecule has 0 radical (unpaired) electrons. The lowest BCUT2D eigenvalue weighted by molar-refractivity contribution is 0.0993. The zero-order chi connectivity index (χ0) is 18.3. The Morgan fingerprint density at radius 2 is 1.81 bits per heavy atom. The zero-order valence-electron chi connectivity index (χ0n) is 14.8. The van der Waals surface area contributed by atoms with Gasteiger partial charge in [0, 0.05) is 30.2 Å². The number of amides is 1. The number of hydrogen-bond donors (Lipinski definition) is 0. The largest absolute Gasteiger partial charge is 0.307 e. The smallest absolute Gasteiger partial charge is 0.268 e. The molecule has 1 fully saturated rings. The van der Waals surface area contributed by atoms with E-state index in [9.17, 15) is 13.2 Å². The molecule has 7 heteroatoms. The maximum absolute atomic E-state index is 12.9. The molecule has 1 aromatic carbocycles. The van der Waals surface area contributed by atoms with Crippen molar-refractivity contribution in [3.63, 3.8) is 0 Å². The molecule has 0 aliphatic carbocycles. The number of nitrogens with zero attached hydrogens (tertiary/aromatic N) is 2. The van der Waals surface area contributed by atoms with Crippen molar-refractivity contribution in [2.75, 3.05) is 24.5 Å². The van der Waals surface area contributed by atoms with Crippen LogP contribution >= 0.6 is 11.3 Å². The highest BCUT2D eigenvalue weighted by atomic mass is 32.2. The van der Waals surface area contributed by atoms with Crippen molar-refractivity contribution in [2.45, 2.75) is 37.5 Å². The number of piperidine rings is 1. The van der Waals surface area contributed by atoms with E-state index in [2.05, 4.69) is 0 Å². The summed E-state index contributed by atoms with van der Waals surface area (Å²) in [5, 5.41) is 0. The van der Waals surface area contributed by atoms with E-state index in [1.165, 1.54) is 11.3 Å². The van der Waals surface area contributed by atoms with Crippen molar-refractivity contribution in [1.29, 1.82) is 0 Å². The van der Waals surface area contributed by atoms with Crippen LogP contribution in [0.2, 0.25) is 0 Å². The van der Waals surface area contributed by atoms with Gasteiger partial charge >= 0.3 is 0 Å². The topological polar surface area (TPSA) is 57.7 Å². The minimum atomic E-state index is -3.44. The monoisotopic (exact) mass is 390 g/mol. The highest BCUT2D eigenvalue weighted by Crippen LogP contribution is 2.33. The van der Waals surface area contributed by atoms with Gasteiger partial charge in [-0.1, -0.05) is 6.42 Å². The molecule has 1 aromatic heterocycles. The van der Waals surface area contributed by atoms with E-state index in [1.807, 2.05) is 19.1 Å². The first-order valence-corrected chi connectivity index (χ1v) is 11.2. The van der Waals surface area contributed by atoms with Crippen LogP contribution in [0.15, 0.2) is 35.2 Å². The molecule has 5 nitrogen and oxygen atoms in total. The summed E-state index contributed by atoms with van der Waals surface area (Å²) in [6, 6.07) is 9.00. The van der Waals surface area contributed by atoms with E-state index >= 15 is 0 Å². The van der Waals surface area contributed by atoms with Gasteiger partial charge in [-0.2, -0.15) is 4.31 Å². The number of aryl methyl sites for hydroxylation is 1. The molecule has 2 aliphatic rings. The summed E-state index contributed by atoms with van der Waals surface area (Å²) < 4.78 is 27.3. The van der Waals surface area contributed by atoms with Gasteiger partial charge in [0.15, 0.2) is 0 Å². The molecule has 2 aromatic rings. The van der Waals surface area contributed by atoms with Crippen LogP contribution < -0.4 is 4.90 Å². The number of carbonyl (C=O) groups excluding carboxylic acids is 1. The average molecular weight is 391 g/mol. The molecule has 0 bridgehead atoms. The quantitative estimate of drug-likeness (QED) is 0.807. The molecule has 2 aliphatic heterocycles. The van der Waals surface area contributed by atoms with E-state index in [1.54, 1.807) is 27.4 Å². The Balaban J connectivity index is 1.61. The normalized spacial score (nSPS) is 18.1. The third-order valence-corrected chi connectivity index (χ3v) is 7.98. The van der Waals surface area contributed by atoms with E-state index < -0.39 is 10.0 Å². The van der Waals surface area contributed by atoms with E-state index in [-0.39, 0.29) is 5.91 Å². The number of anilines is 1. The maximum Gasteiger partial charge on any atom is 0.268 e. The highest BCUT2D eigenvalue weighted by Gasteiger charge is 2.30.